The second-order valence-corrected chi connectivity index (χ2v) is 4.81. The minimum absolute atomic E-state index is 0.331. The molecule has 0 bridgehead atoms. The molecule has 6 heteroatoms. The smallest absolute Gasteiger partial charge is 0.338 e. The van der Waals surface area contributed by atoms with Gasteiger partial charge < -0.3 is 10.1 Å². The first-order chi connectivity index (χ1) is 11.2. The minimum atomic E-state index is -0.367. The van der Waals surface area contributed by atoms with Crippen LogP contribution in [0.5, 0.6) is 0 Å². The molecule has 1 N–H and O–H groups in total. The third-order valence-corrected chi connectivity index (χ3v) is 3.26. The molecule has 0 saturated carbocycles. The van der Waals surface area contributed by atoms with Crippen LogP contribution >= 0.6 is 0 Å². The molecule has 0 saturated heterocycles. The van der Waals surface area contributed by atoms with Crippen molar-refractivity contribution in [3.05, 3.63) is 60.2 Å². The van der Waals surface area contributed by atoms with Crippen LogP contribution in [0.3, 0.4) is 0 Å². The highest BCUT2D eigenvalue weighted by molar-refractivity contribution is 5.92. The molecule has 1 aromatic heterocycles. The fourth-order valence-electron chi connectivity index (χ4n) is 2.17. The number of hydrogen-bond donors (Lipinski definition) is 1. The van der Waals surface area contributed by atoms with Crippen molar-refractivity contribution in [2.75, 3.05) is 11.9 Å². The summed E-state index contributed by atoms with van der Waals surface area (Å²) >= 11 is 0. The second kappa shape index (κ2) is 6.39. The largest absolute Gasteiger partial charge is 0.462 e. The van der Waals surface area contributed by atoms with E-state index in [1.807, 2.05) is 0 Å². The predicted molar refractivity (Wildman–Crippen MR) is 85.2 cm³/mol. The number of aromatic nitrogens is 2. The van der Waals surface area contributed by atoms with Gasteiger partial charge in [0.2, 0.25) is 0 Å². The third-order valence-electron chi connectivity index (χ3n) is 3.26. The molecule has 3 rings (SSSR count). The lowest BCUT2D eigenvalue weighted by molar-refractivity contribution is 0.0526. The zero-order valence-electron chi connectivity index (χ0n) is 12.4. The Morgan fingerprint density at radius 1 is 1.17 bits per heavy atom. The maximum absolute atomic E-state index is 13.4. The van der Waals surface area contributed by atoms with Crippen molar-refractivity contribution in [3.63, 3.8) is 0 Å². The zero-order chi connectivity index (χ0) is 16.2. The van der Waals surface area contributed by atoms with Crippen LogP contribution in [0.25, 0.3) is 10.9 Å². The van der Waals surface area contributed by atoms with Crippen molar-refractivity contribution in [1.29, 1.82) is 0 Å². The lowest BCUT2D eigenvalue weighted by atomic mass is 10.2. The average molecular weight is 311 g/mol. The van der Waals surface area contributed by atoms with E-state index < -0.39 is 0 Å². The molecule has 2 aromatic carbocycles. The summed E-state index contributed by atoms with van der Waals surface area (Å²) in [5.74, 6) is -0.222. The summed E-state index contributed by atoms with van der Waals surface area (Å²) in [5.41, 5.74) is 1.84. The molecule has 0 unspecified atom stereocenters. The van der Waals surface area contributed by atoms with E-state index in [-0.39, 0.29) is 11.8 Å². The van der Waals surface area contributed by atoms with E-state index in [9.17, 15) is 9.18 Å². The summed E-state index contributed by atoms with van der Waals surface area (Å²) in [4.78, 5) is 19.9. The lowest BCUT2D eigenvalue weighted by Crippen LogP contribution is -2.04. The van der Waals surface area contributed by atoms with Gasteiger partial charge in [0.25, 0.3) is 0 Å². The van der Waals surface area contributed by atoms with Gasteiger partial charge in [-0.1, -0.05) is 0 Å². The van der Waals surface area contributed by atoms with Crippen LogP contribution in [0.1, 0.15) is 17.3 Å². The van der Waals surface area contributed by atoms with Crippen LogP contribution in [0, 0.1) is 5.82 Å². The minimum Gasteiger partial charge on any atom is -0.462 e. The third kappa shape index (κ3) is 3.26. The fraction of sp³-hybridized carbons (Fsp3) is 0.118. The van der Waals surface area contributed by atoms with E-state index in [0.29, 0.717) is 28.9 Å². The number of esters is 1. The van der Waals surface area contributed by atoms with E-state index in [1.54, 1.807) is 37.3 Å². The molecule has 23 heavy (non-hydrogen) atoms. The van der Waals surface area contributed by atoms with Crippen LogP contribution in [-0.4, -0.2) is 22.5 Å². The Morgan fingerprint density at radius 2 is 1.96 bits per heavy atom. The Hall–Kier alpha value is -3.02. The summed E-state index contributed by atoms with van der Waals surface area (Å²) in [6.45, 7) is 2.09. The quantitative estimate of drug-likeness (QED) is 0.744. The number of fused-ring (bicyclic) bond motifs is 1. The Bertz CT molecular complexity index is 850. The lowest BCUT2D eigenvalue weighted by Gasteiger charge is -2.09. The monoisotopic (exact) mass is 311 g/mol. The van der Waals surface area contributed by atoms with Gasteiger partial charge in [0.1, 0.15) is 18.0 Å². The van der Waals surface area contributed by atoms with Crippen molar-refractivity contribution in [1.82, 2.24) is 9.97 Å². The molecule has 0 radical (unpaired) electrons. The zero-order valence-corrected chi connectivity index (χ0v) is 12.4. The van der Waals surface area contributed by atoms with Gasteiger partial charge in [-0.3, -0.25) is 0 Å². The number of anilines is 2. The van der Waals surface area contributed by atoms with E-state index in [0.717, 1.165) is 5.69 Å². The molecular formula is C17H14FN3O2. The highest BCUT2D eigenvalue weighted by atomic mass is 19.1. The van der Waals surface area contributed by atoms with Gasteiger partial charge in [-0.05, 0) is 49.4 Å². The summed E-state index contributed by atoms with van der Waals surface area (Å²) in [7, 11) is 0. The molecule has 0 aliphatic rings. The predicted octanol–water partition coefficient (Wildman–Crippen LogP) is 3.69. The van der Waals surface area contributed by atoms with Crippen LogP contribution in [-0.2, 0) is 4.74 Å². The van der Waals surface area contributed by atoms with E-state index >= 15 is 0 Å². The van der Waals surface area contributed by atoms with Crippen LogP contribution in [0.4, 0.5) is 15.9 Å². The van der Waals surface area contributed by atoms with Gasteiger partial charge in [0, 0.05) is 11.1 Å². The van der Waals surface area contributed by atoms with E-state index in [4.69, 9.17) is 4.74 Å². The topological polar surface area (TPSA) is 64.1 Å². The number of rotatable bonds is 4. The molecule has 0 spiro atoms. The van der Waals surface area contributed by atoms with Crippen LogP contribution < -0.4 is 5.32 Å². The van der Waals surface area contributed by atoms with Gasteiger partial charge in [0.05, 0.1) is 17.7 Å². The molecular weight excluding hydrogens is 297 g/mol. The summed E-state index contributed by atoms with van der Waals surface area (Å²) in [6, 6.07) is 11.1. The normalized spacial score (nSPS) is 10.5. The Morgan fingerprint density at radius 3 is 2.70 bits per heavy atom. The summed E-state index contributed by atoms with van der Waals surface area (Å²) in [5, 5.41) is 3.69. The van der Waals surface area contributed by atoms with Crippen molar-refractivity contribution in [3.8, 4) is 0 Å². The fourth-order valence-corrected chi connectivity index (χ4v) is 2.17. The van der Waals surface area contributed by atoms with Crippen molar-refractivity contribution >= 4 is 28.4 Å². The van der Waals surface area contributed by atoms with E-state index in [2.05, 4.69) is 15.3 Å². The first-order valence-corrected chi connectivity index (χ1v) is 7.12. The van der Waals surface area contributed by atoms with Crippen LogP contribution in [0.2, 0.25) is 0 Å². The maximum atomic E-state index is 13.4. The van der Waals surface area contributed by atoms with Gasteiger partial charge in [0.15, 0.2) is 0 Å². The summed E-state index contributed by atoms with van der Waals surface area (Å²) < 4.78 is 18.4. The van der Waals surface area contributed by atoms with Gasteiger partial charge in [-0.25, -0.2) is 19.2 Å². The van der Waals surface area contributed by atoms with Gasteiger partial charge >= 0.3 is 5.97 Å². The van der Waals surface area contributed by atoms with Crippen LogP contribution in [0.15, 0.2) is 48.8 Å². The molecule has 3 aromatic rings. The van der Waals surface area contributed by atoms with Gasteiger partial charge in [-0.2, -0.15) is 0 Å². The number of benzene rings is 2. The van der Waals surface area contributed by atoms with Crippen molar-refractivity contribution in [2.45, 2.75) is 6.92 Å². The second-order valence-electron chi connectivity index (χ2n) is 4.81. The highest BCUT2D eigenvalue weighted by Crippen LogP contribution is 2.23. The van der Waals surface area contributed by atoms with E-state index in [1.165, 1.54) is 18.5 Å². The Kier molecular flexibility index (Phi) is 4.14. The molecule has 0 aliphatic carbocycles. The molecule has 0 fully saturated rings. The number of nitrogens with zero attached hydrogens (tertiary/aromatic N) is 2. The maximum Gasteiger partial charge on any atom is 0.338 e. The highest BCUT2D eigenvalue weighted by Gasteiger charge is 2.08. The molecule has 116 valence electrons. The number of ether oxygens (including phenoxy) is 1. The molecule has 1 heterocycles. The number of carbonyl (C=O) groups excluding carboxylic acids is 1. The SMILES string of the molecule is CCOC(=O)c1ccc(Nc2ncnc3ccc(F)cc23)cc1. The standard InChI is InChI=1S/C17H14FN3O2/c1-2-23-17(22)11-3-6-13(7-4-11)21-16-14-9-12(18)5-8-15(14)19-10-20-16/h3-10H,2H2,1H3,(H,19,20,21). The molecule has 0 atom stereocenters. The number of halogens is 1. The first kappa shape index (κ1) is 14.9. The van der Waals surface area contributed by atoms with Gasteiger partial charge in [-0.15, -0.1) is 0 Å². The molecule has 0 aliphatic heterocycles. The average Bonchev–Trinajstić information content (AvgIpc) is 2.56. The number of hydrogen-bond acceptors (Lipinski definition) is 5. The Balaban J connectivity index is 1.87. The summed E-state index contributed by atoms with van der Waals surface area (Å²) in [6.07, 6.45) is 1.41. The number of carbonyl (C=O) groups is 1. The molecule has 5 nitrogen and oxygen atoms in total. The molecule has 0 amide bonds. The number of nitrogens with one attached hydrogen (secondary N) is 1. The van der Waals surface area contributed by atoms with Crippen molar-refractivity contribution < 1.29 is 13.9 Å². The first-order valence-electron chi connectivity index (χ1n) is 7.12. The van der Waals surface area contributed by atoms with Crippen molar-refractivity contribution in [2.24, 2.45) is 0 Å². The Labute approximate surface area is 132 Å².